The number of carboxylic acids is 1. The van der Waals surface area contributed by atoms with Crippen molar-refractivity contribution in [1.29, 1.82) is 0 Å². The van der Waals surface area contributed by atoms with Crippen LogP contribution >= 0.6 is 0 Å². The van der Waals surface area contributed by atoms with Gasteiger partial charge in [0, 0.05) is 12.1 Å². The fourth-order valence-electron chi connectivity index (χ4n) is 2.59. The second kappa shape index (κ2) is 7.25. The molecule has 0 bridgehead atoms. The molecule has 0 aliphatic heterocycles. The fraction of sp³-hybridized carbons (Fsp3) is 0.529. The Hall–Kier alpha value is -1.84. The minimum atomic E-state index is -1.00. The Kier molecular flexibility index (Phi) is 5.94. The maximum absolute atomic E-state index is 12.4. The molecule has 1 amide bonds. The zero-order valence-corrected chi connectivity index (χ0v) is 13.3. The number of para-hydroxylation sites is 1. The van der Waals surface area contributed by atoms with E-state index in [0.29, 0.717) is 12.1 Å². The number of benzene rings is 1. The standard InChI is InChI=1S/C17H25NO3/c1-13(11-17(2,3)4)10-15(19)18(12-16(20)21)14-8-6-5-7-9-14/h5-9,13H,10-12H2,1-4H3,(H,20,21). The molecule has 0 aliphatic rings. The molecule has 0 aromatic heterocycles. The third-order valence-corrected chi connectivity index (χ3v) is 3.15. The Morgan fingerprint density at radius 1 is 1.19 bits per heavy atom. The van der Waals surface area contributed by atoms with Crippen molar-refractivity contribution in [3.05, 3.63) is 30.3 Å². The maximum Gasteiger partial charge on any atom is 0.323 e. The highest BCUT2D eigenvalue weighted by atomic mass is 16.4. The summed E-state index contributed by atoms with van der Waals surface area (Å²) in [5.74, 6) is -0.923. The van der Waals surface area contributed by atoms with Gasteiger partial charge >= 0.3 is 5.97 Å². The molecule has 4 heteroatoms. The number of anilines is 1. The summed E-state index contributed by atoms with van der Waals surface area (Å²) in [6.45, 7) is 8.15. The van der Waals surface area contributed by atoms with Crippen LogP contribution in [0.1, 0.15) is 40.5 Å². The lowest BCUT2D eigenvalue weighted by molar-refractivity contribution is -0.136. The molecule has 21 heavy (non-hydrogen) atoms. The van der Waals surface area contributed by atoms with E-state index < -0.39 is 5.97 Å². The van der Waals surface area contributed by atoms with Crippen LogP contribution in [0.3, 0.4) is 0 Å². The van der Waals surface area contributed by atoms with Crippen molar-refractivity contribution in [2.75, 3.05) is 11.4 Å². The Morgan fingerprint density at radius 2 is 1.76 bits per heavy atom. The summed E-state index contributed by atoms with van der Waals surface area (Å²) in [6, 6.07) is 8.96. The van der Waals surface area contributed by atoms with Gasteiger partial charge < -0.3 is 10.0 Å². The van der Waals surface area contributed by atoms with Crippen LogP contribution in [0.2, 0.25) is 0 Å². The summed E-state index contributed by atoms with van der Waals surface area (Å²) in [6.07, 6.45) is 1.29. The summed E-state index contributed by atoms with van der Waals surface area (Å²) >= 11 is 0. The summed E-state index contributed by atoms with van der Waals surface area (Å²) in [5, 5.41) is 9.02. The second-order valence-electron chi connectivity index (χ2n) is 6.78. The molecule has 4 nitrogen and oxygen atoms in total. The van der Waals surface area contributed by atoms with Gasteiger partial charge in [-0.2, -0.15) is 0 Å². The minimum absolute atomic E-state index is 0.139. The molecule has 1 rings (SSSR count). The number of rotatable bonds is 6. The van der Waals surface area contributed by atoms with Crippen LogP contribution < -0.4 is 4.90 Å². The number of aliphatic carboxylic acids is 1. The summed E-state index contributed by atoms with van der Waals surface area (Å²) in [4.78, 5) is 24.8. The van der Waals surface area contributed by atoms with E-state index >= 15 is 0 Å². The topological polar surface area (TPSA) is 57.6 Å². The first-order valence-corrected chi connectivity index (χ1v) is 7.26. The lowest BCUT2D eigenvalue weighted by Gasteiger charge is -2.26. The normalized spacial score (nSPS) is 12.8. The number of hydrogen-bond donors (Lipinski definition) is 1. The van der Waals surface area contributed by atoms with Crippen molar-refractivity contribution >= 4 is 17.6 Å². The lowest BCUT2D eigenvalue weighted by atomic mass is 9.84. The Morgan fingerprint density at radius 3 is 2.24 bits per heavy atom. The number of amides is 1. The predicted molar refractivity (Wildman–Crippen MR) is 84.3 cm³/mol. The zero-order chi connectivity index (χ0) is 16.0. The van der Waals surface area contributed by atoms with Gasteiger partial charge in [-0.3, -0.25) is 9.59 Å². The molecule has 116 valence electrons. The number of carboxylic acid groups (broad SMARTS) is 1. The number of carbonyl (C=O) groups excluding carboxylic acids is 1. The van der Waals surface area contributed by atoms with Gasteiger partial charge in [-0.25, -0.2) is 0 Å². The summed E-state index contributed by atoms with van der Waals surface area (Å²) in [7, 11) is 0. The molecule has 0 saturated carbocycles. The molecule has 0 spiro atoms. The molecule has 1 unspecified atom stereocenters. The van der Waals surface area contributed by atoms with Gasteiger partial charge in [-0.1, -0.05) is 45.9 Å². The molecule has 0 radical (unpaired) electrons. The molecule has 0 aliphatic carbocycles. The first kappa shape index (κ1) is 17.2. The SMILES string of the molecule is CC(CC(=O)N(CC(=O)O)c1ccccc1)CC(C)(C)C. The van der Waals surface area contributed by atoms with Crippen LogP contribution in [0.25, 0.3) is 0 Å². The van der Waals surface area contributed by atoms with Crippen LogP contribution in [-0.4, -0.2) is 23.5 Å². The van der Waals surface area contributed by atoms with E-state index in [4.69, 9.17) is 5.11 Å². The number of hydrogen-bond acceptors (Lipinski definition) is 2. The smallest absolute Gasteiger partial charge is 0.323 e. The average molecular weight is 291 g/mol. The Balaban J connectivity index is 2.80. The molecule has 1 aromatic rings. The van der Waals surface area contributed by atoms with Crippen molar-refractivity contribution in [3.63, 3.8) is 0 Å². The summed E-state index contributed by atoms with van der Waals surface area (Å²) < 4.78 is 0. The van der Waals surface area contributed by atoms with Gasteiger partial charge in [0.15, 0.2) is 0 Å². The van der Waals surface area contributed by atoms with Crippen LogP contribution in [-0.2, 0) is 9.59 Å². The largest absolute Gasteiger partial charge is 0.480 e. The second-order valence-corrected chi connectivity index (χ2v) is 6.78. The van der Waals surface area contributed by atoms with Gasteiger partial charge in [0.1, 0.15) is 6.54 Å². The predicted octanol–water partition coefficient (Wildman–Crippen LogP) is 3.57. The van der Waals surface area contributed by atoms with Crippen LogP contribution in [0.4, 0.5) is 5.69 Å². The average Bonchev–Trinajstić information content (AvgIpc) is 2.34. The van der Waals surface area contributed by atoms with Gasteiger partial charge in [-0.15, -0.1) is 0 Å². The quantitative estimate of drug-likeness (QED) is 0.871. The highest BCUT2D eigenvalue weighted by Gasteiger charge is 2.23. The Bertz CT molecular complexity index is 477. The third kappa shape index (κ3) is 6.43. The maximum atomic E-state index is 12.4. The zero-order valence-electron chi connectivity index (χ0n) is 13.3. The van der Waals surface area contributed by atoms with Gasteiger partial charge in [0.05, 0.1) is 0 Å². The highest BCUT2D eigenvalue weighted by Crippen LogP contribution is 2.27. The van der Waals surface area contributed by atoms with E-state index in [9.17, 15) is 9.59 Å². The van der Waals surface area contributed by atoms with Crippen LogP contribution in [0.15, 0.2) is 30.3 Å². The molecular formula is C17H25NO3. The van der Waals surface area contributed by atoms with Gasteiger partial charge in [0.25, 0.3) is 0 Å². The van der Waals surface area contributed by atoms with Gasteiger partial charge in [-0.05, 0) is 29.9 Å². The van der Waals surface area contributed by atoms with E-state index in [1.54, 1.807) is 24.3 Å². The summed E-state index contributed by atoms with van der Waals surface area (Å²) in [5.41, 5.74) is 0.789. The number of nitrogens with zero attached hydrogens (tertiary/aromatic N) is 1. The monoisotopic (exact) mass is 291 g/mol. The van der Waals surface area contributed by atoms with Gasteiger partial charge in [0.2, 0.25) is 5.91 Å². The third-order valence-electron chi connectivity index (χ3n) is 3.15. The molecule has 1 atom stereocenters. The van der Waals surface area contributed by atoms with Crippen LogP contribution in [0, 0.1) is 11.3 Å². The van der Waals surface area contributed by atoms with Crippen LogP contribution in [0.5, 0.6) is 0 Å². The van der Waals surface area contributed by atoms with Crippen molar-refractivity contribution in [2.24, 2.45) is 11.3 Å². The van der Waals surface area contributed by atoms with Crippen molar-refractivity contribution < 1.29 is 14.7 Å². The molecular weight excluding hydrogens is 266 g/mol. The van der Waals surface area contributed by atoms with E-state index in [0.717, 1.165) is 6.42 Å². The molecule has 0 fully saturated rings. The highest BCUT2D eigenvalue weighted by molar-refractivity contribution is 5.97. The van der Waals surface area contributed by atoms with E-state index in [1.807, 2.05) is 13.0 Å². The lowest BCUT2D eigenvalue weighted by Crippen LogP contribution is -2.36. The molecule has 0 saturated heterocycles. The van der Waals surface area contributed by atoms with E-state index in [-0.39, 0.29) is 23.8 Å². The minimum Gasteiger partial charge on any atom is -0.480 e. The Labute approximate surface area is 126 Å². The number of carbonyl (C=O) groups is 2. The van der Waals surface area contributed by atoms with E-state index in [2.05, 4.69) is 20.8 Å². The van der Waals surface area contributed by atoms with E-state index in [1.165, 1.54) is 4.90 Å². The molecule has 1 N–H and O–H groups in total. The van der Waals surface area contributed by atoms with Crippen molar-refractivity contribution in [3.8, 4) is 0 Å². The molecule has 0 heterocycles. The first-order valence-electron chi connectivity index (χ1n) is 7.26. The van der Waals surface area contributed by atoms with Crippen molar-refractivity contribution in [2.45, 2.75) is 40.5 Å². The molecule has 1 aromatic carbocycles. The first-order chi connectivity index (χ1) is 9.69. The van der Waals surface area contributed by atoms with Crippen molar-refractivity contribution in [1.82, 2.24) is 0 Å². The fourth-order valence-corrected chi connectivity index (χ4v) is 2.59.